The van der Waals surface area contributed by atoms with E-state index in [0.29, 0.717) is 23.7 Å². The highest BCUT2D eigenvalue weighted by Gasteiger charge is 2.23. The van der Waals surface area contributed by atoms with Gasteiger partial charge in [-0.15, -0.1) is 11.3 Å². The number of carbonyl (C=O) groups excluding carboxylic acids is 1. The summed E-state index contributed by atoms with van der Waals surface area (Å²) in [5.74, 6) is -1.14. The number of amides is 1. The summed E-state index contributed by atoms with van der Waals surface area (Å²) in [5.41, 5.74) is 1.38. The number of hydrogen-bond donors (Lipinski definition) is 3. The molecule has 1 aromatic heterocycles. The molecule has 0 bridgehead atoms. The maximum absolute atomic E-state index is 12.6. The number of carbonyl (C=O) groups is 2. The molecule has 0 aliphatic heterocycles. The highest BCUT2D eigenvalue weighted by molar-refractivity contribution is 14.1. The van der Waals surface area contributed by atoms with Crippen molar-refractivity contribution in [3.63, 3.8) is 0 Å². The van der Waals surface area contributed by atoms with Crippen molar-refractivity contribution < 1.29 is 19.8 Å². The lowest BCUT2D eigenvalue weighted by molar-refractivity contribution is -0.136. The number of phenolic OH excluding ortho intramolecular Hbond substituents is 1. The molecule has 6 nitrogen and oxygen atoms in total. The zero-order chi connectivity index (χ0) is 19.4. The molecule has 1 amide bonds. The summed E-state index contributed by atoms with van der Waals surface area (Å²) in [7, 11) is 0. The summed E-state index contributed by atoms with van der Waals surface area (Å²) in [5, 5.41) is 23.8. The number of hydrogen-bond acceptors (Lipinski definition) is 5. The normalized spacial score (nSPS) is 12.0. The zero-order valence-corrected chi connectivity index (χ0v) is 20.8. The Kier molecular flexibility index (Phi) is 8.33. The van der Waals surface area contributed by atoms with Gasteiger partial charge in [0.05, 0.1) is 19.3 Å². The minimum Gasteiger partial charge on any atom is -0.506 e. The van der Waals surface area contributed by atoms with Gasteiger partial charge in [-0.1, -0.05) is 6.92 Å². The second kappa shape index (κ2) is 9.82. The number of nitrogens with zero attached hydrogens (tertiary/aromatic N) is 1. The topological polar surface area (TPSA) is 99.5 Å². The Bertz CT molecular complexity index is 841. The van der Waals surface area contributed by atoms with Crippen LogP contribution in [-0.2, 0) is 22.4 Å². The molecular formula is C16H15I3N2O4S. The maximum Gasteiger partial charge on any atom is 0.309 e. The van der Waals surface area contributed by atoms with Gasteiger partial charge < -0.3 is 15.5 Å². The Morgan fingerprint density at radius 2 is 2.00 bits per heavy atom. The second-order valence-corrected chi connectivity index (χ2v) is 9.76. The van der Waals surface area contributed by atoms with Gasteiger partial charge in [-0.25, -0.2) is 4.98 Å². The third-order valence-corrected chi connectivity index (χ3v) is 7.42. The number of aliphatic carboxylic acids is 1. The molecule has 0 radical (unpaired) electrons. The summed E-state index contributed by atoms with van der Waals surface area (Å²) in [4.78, 5) is 27.5. The number of thiazole rings is 1. The lowest BCUT2D eigenvalue weighted by atomic mass is 9.96. The molecule has 0 fully saturated rings. The van der Waals surface area contributed by atoms with Crippen LogP contribution in [0.1, 0.15) is 24.6 Å². The van der Waals surface area contributed by atoms with E-state index in [-0.39, 0.29) is 24.0 Å². The molecule has 0 saturated heterocycles. The summed E-state index contributed by atoms with van der Waals surface area (Å²) in [6, 6.07) is 1.90. The number of carboxylic acid groups (broad SMARTS) is 1. The third-order valence-electron chi connectivity index (χ3n) is 3.67. The van der Waals surface area contributed by atoms with Crippen LogP contribution >= 0.6 is 79.1 Å². The number of halogens is 3. The van der Waals surface area contributed by atoms with Crippen LogP contribution in [0.5, 0.6) is 5.75 Å². The number of benzene rings is 1. The van der Waals surface area contributed by atoms with Crippen molar-refractivity contribution in [1.29, 1.82) is 0 Å². The van der Waals surface area contributed by atoms with Crippen LogP contribution in [0.4, 0.5) is 5.13 Å². The number of anilines is 1. The molecule has 0 unspecified atom stereocenters. The van der Waals surface area contributed by atoms with Crippen molar-refractivity contribution in [3.8, 4) is 5.75 Å². The van der Waals surface area contributed by atoms with E-state index in [0.717, 1.165) is 16.3 Å². The van der Waals surface area contributed by atoms with Gasteiger partial charge in [-0.2, -0.15) is 0 Å². The fourth-order valence-corrected chi connectivity index (χ4v) is 6.81. The van der Waals surface area contributed by atoms with Crippen molar-refractivity contribution in [2.45, 2.75) is 26.2 Å². The first-order valence-corrected chi connectivity index (χ1v) is 11.7. The molecule has 2 aromatic rings. The fraction of sp³-hybridized carbons (Fsp3) is 0.312. The Morgan fingerprint density at radius 3 is 2.62 bits per heavy atom. The fourth-order valence-electron chi connectivity index (χ4n) is 2.28. The molecule has 140 valence electrons. The number of carboxylic acids is 1. The highest BCUT2D eigenvalue weighted by Crippen LogP contribution is 2.34. The van der Waals surface area contributed by atoms with Crippen molar-refractivity contribution in [2.24, 2.45) is 5.92 Å². The molecule has 0 spiro atoms. The van der Waals surface area contributed by atoms with E-state index < -0.39 is 5.97 Å². The van der Waals surface area contributed by atoms with Crippen LogP contribution in [0.3, 0.4) is 0 Å². The van der Waals surface area contributed by atoms with Crippen LogP contribution in [0, 0.1) is 16.6 Å². The minimum absolute atomic E-state index is 0.159. The smallest absolute Gasteiger partial charge is 0.309 e. The molecule has 26 heavy (non-hydrogen) atoms. The van der Waals surface area contributed by atoms with E-state index in [9.17, 15) is 14.7 Å². The van der Waals surface area contributed by atoms with E-state index >= 15 is 0 Å². The first-order chi connectivity index (χ1) is 12.2. The Labute approximate surface area is 195 Å². The van der Waals surface area contributed by atoms with Gasteiger partial charge in [-0.05, 0) is 92.2 Å². The second-order valence-electron chi connectivity index (χ2n) is 5.49. The number of aromatic nitrogens is 1. The predicted octanol–water partition coefficient (Wildman–Crippen LogP) is 4.50. The molecule has 1 atom stereocenters. The van der Waals surface area contributed by atoms with Crippen molar-refractivity contribution in [3.05, 3.63) is 33.4 Å². The molecular weight excluding hydrogens is 697 g/mol. The zero-order valence-electron chi connectivity index (χ0n) is 13.6. The number of rotatable bonds is 7. The standard InChI is InChI=1S/C16H15I3N2O4S/c1-2-7(3-9-10(17)5-11(18)14(24)13(9)19)15(25)21-16-20-8(6-26-16)4-12(22)23/h5-7,24H,2-4H2,1H3,(H,22,23)(H,20,21,25)/t7-/m0/s1. The van der Waals surface area contributed by atoms with Gasteiger partial charge in [0.25, 0.3) is 0 Å². The molecule has 2 rings (SSSR count). The number of nitrogens with one attached hydrogen (secondary N) is 1. The monoisotopic (exact) mass is 712 g/mol. The van der Waals surface area contributed by atoms with Crippen molar-refractivity contribution in [1.82, 2.24) is 4.98 Å². The quantitative estimate of drug-likeness (QED) is 0.368. The molecule has 0 aliphatic rings. The minimum atomic E-state index is -0.956. The van der Waals surface area contributed by atoms with Gasteiger partial charge >= 0.3 is 5.97 Å². The van der Waals surface area contributed by atoms with Crippen molar-refractivity contribution >= 4 is 96.1 Å². The van der Waals surface area contributed by atoms with Crippen LogP contribution in [-0.4, -0.2) is 27.1 Å². The van der Waals surface area contributed by atoms with Crippen LogP contribution in [0.2, 0.25) is 0 Å². The van der Waals surface area contributed by atoms with Crippen LogP contribution < -0.4 is 5.32 Å². The van der Waals surface area contributed by atoms with Gasteiger partial charge in [0.2, 0.25) is 5.91 Å². The van der Waals surface area contributed by atoms with E-state index in [2.05, 4.69) is 78.1 Å². The van der Waals surface area contributed by atoms with Gasteiger partial charge in [-0.3, -0.25) is 9.59 Å². The predicted molar refractivity (Wildman–Crippen MR) is 126 cm³/mol. The van der Waals surface area contributed by atoms with E-state index in [4.69, 9.17) is 5.11 Å². The summed E-state index contributed by atoms with van der Waals surface area (Å²) in [6.07, 6.45) is 0.983. The largest absolute Gasteiger partial charge is 0.506 e. The number of aromatic hydroxyl groups is 1. The Balaban J connectivity index is 2.13. The SMILES string of the molecule is CC[C@@H](Cc1c(I)cc(I)c(O)c1I)C(=O)Nc1nc(CC(=O)O)cs1. The van der Waals surface area contributed by atoms with Gasteiger partial charge in [0.15, 0.2) is 5.13 Å². The first-order valence-electron chi connectivity index (χ1n) is 7.55. The molecule has 0 aliphatic carbocycles. The van der Waals surface area contributed by atoms with Gasteiger partial charge in [0.1, 0.15) is 5.75 Å². The lowest BCUT2D eigenvalue weighted by Crippen LogP contribution is -2.25. The molecule has 1 heterocycles. The highest BCUT2D eigenvalue weighted by atomic mass is 127. The molecule has 1 aromatic carbocycles. The molecule has 0 saturated carbocycles. The Morgan fingerprint density at radius 1 is 1.31 bits per heavy atom. The van der Waals surface area contributed by atoms with Crippen molar-refractivity contribution in [2.75, 3.05) is 5.32 Å². The number of phenols is 1. The average molecular weight is 712 g/mol. The van der Waals surface area contributed by atoms with E-state index in [1.165, 1.54) is 11.3 Å². The third kappa shape index (κ3) is 5.64. The maximum atomic E-state index is 12.6. The lowest BCUT2D eigenvalue weighted by Gasteiger charge is -2.17. The summed E-state index contributed by atoms with van der Waals surface area (Å²) in [6.45, 7) is 1.94. The summed E-state index contributed by atoms with van der Waals surface area (Å²) >= 11 is 7.63. The van der Waals surface area contributed by atoms with E-state index in [1.54, 1.807) is 5.38 Å². The molecule has 3 N–H and O–H groups in total. The first kappa shape index (κ1) is 22.1. The van der Waals surface area contributed by atoms with E-state index in [1.807, 2.05) is 13.0 Å². The van der Waals surface area contributed by atoms with Gasteiger partial charge in [0, 0.05) is 14.9 Å². The van der Waals surface area contributed by atoms with Crippen LogP contribution in [0.25, 0.3) is 0 Å². The summed E-state index contributed by atoms with van der Waals surface area (Å²) < 4.78 is 2.56. The van der Waals surface area contributed by atoms with Crippen LogP contribution in [0.15, 0.2) is 11.4 Å². The average Bonchev–Trinajstić information content (AvgIpc) is 2.99. The Hall–Kier alpha value is -0.220. The molecule has 10 heteroatoms.